The molecule has 0 aromatic carbocycles. The van der Waals surface area contributed by atoms with Crippen molar-refractivity contribution >= 4 is 19.7 Å². The molecule has 4 nitrogen and oxygen atoms in total. The van der Waals surface area contributed by atoms with Crippen LogP contribution in [0.25, 0.3) is 0 Å². The predicted molar refractivity (Wildman–Crippen MR) is 34.3 cm³/mol. The molecule has 0 amide bonds. The molecule has 0 fully saturated rings. The van der Waals surface area contributed by atoms with Gasteiger partial charge >= 0.3 is 0 Å². The van der Waals surface area contributed by atoms with Gasteiger partial charge in [-0.1, -0.05) is 5.16 Å². The molecule has 0 atom stereocenters. The standard InChI is InChI=1S/C4H4ClNO3S/c1-3-2-4(6-9-3)10(5,7)8/h2H,1H3. The highest BCUT2D eigenvalue weighted by molar-refractivity contribution is 8.13. The molecule has 0 aliphatic rings. The highest BCUT2D eigenvalue weighted by atomic mass is 35.7. The third kappa shape index (κ3) is 1.48. The SMILES string of the molecule is Cc1cc(S(=O)(=O)Cl)no1. The van der Waals surface area contributed by atoms with Crippen molar-refractivity contribution in [3.63, 3.8) is 0 Å². The molecule has 10 heavy (non-hydrogen) atoms. The fourth-order valence-electron chi connectivity index (χ4n) is 0.458. The van der Waals surface area contributed by atoms with Gasteiger partial charge in [0.2, 0.25) is 5.03 Å². The van der Waals surface area contributed by atoms with E-state index in [0.29, 0.717) is 5.76 Å². The van der Waals surface area contributed by atoms with E-state index in [4.69, 9.17) is 10.7 Å². The Morgan fingerprint density at radius 2 is 2.30 bits per heavy atom. The van der Waals surface area contributed by atoms with Crippen LogP contribution in [0.15, 0.2) is 15.6 Å². The van der Waals surface area contributed by atoms with Gasteiger partial charge in [0, 0.05) is 16.7 Å². The van der Waals surface area contributed by atoms with E-state index >= 15 is 0 Å². The number of hydrogen-bond acceptors (Lipinski definition) is 4. The maximum Gasteiger partial charge on any atom is 0.282 e. The number of halogens is 1. The Morgan fingerprint density at radius 3 is 2.50 bits per heavy atom. The molecule has 1 aromatic rings. The van der Waals surface area contributed by atoms with Gasteiger partial charge in [-0.25, -0.2) is 8.42 Å². The van der Waals surface area contributed by atoms with E-state index in [2.05, 4.69) is 9.68 Å². The average Bonchev–Trinajstić information content (AvgIpc) is 2.11. The summed E-state index contributed by atoms with van der Waals surface area (Å²) >= 11 is 0. The van der Waals surface area contributed by atoms with E-state index in [1.54, 1.807) is 6.92 Å². The Kier molecular flexibility index (Phi) is 1.70. The van der Waals surface area contributed by atoms with Crippen LogP contribution in [0.5, 0.6) is 0 Å². The van der Waals surface area contributed by atoms with Crippen molar-refractivity contribution < 1.29 is 12.9 Å². The lowest BCUT2D eigenvalue weighted by molar-refractivity contribution is 0.381. The molecule has 0 saturated carbocycles. The Hall–Kier alpha value is -0.550. The second-order valence-corrected chi connectivity index (χ2v) is 4.23. The summed E-state index contributed by atoms with van der Waals surface area (Å²) in [6.45, 7) is 1.58. The lowest BCUT2D eigenvalue weighted by Crippen LogP contribution is -1.88. The first-order valence-electron chi connectivity index (χ1n) is 2.38. The molecule has 0 N–H and O–H groups in total. The number of hydrogen-bond donors (Lipinski definition) is 0. The second kappa shape index (κ2) is 2.25. The highest BCUT2D eigenvalue weighted by Gasteiger charge is 2.14. The van der Waals surface area contributed by atoms with Crippen molar-refractivity contribution in [1.82, 2.24) is 5.16 Å². The van der Waals surface area contributed by atoms with Gasteiger partial charge in [0.25, 0.3) is 9.05 Å². The van der Waals surface area contributed by atoms with Crippen molar-refractivity contribution in [2.75, 3.05) is 0 Å². The lowest BCUT2D eigenvalue weighted by Gasteiger charge is -1.80. The topological polar surface area (TPSA) is 60.2 Å². The number of aryl methyl sites for hydroxylation is 1. The molecule has 0 aliphatic carbocycles. The zero-order valence-electron chi connectivity index (χ0n) is 5.04. The monoisotopic (exact) mass is 181 g/mol. The minimum absolute atomic E-state index is 0.244. The van der Waals surface area contributed by atoms with Gasteiger partial charge in [0.1, 0.15) is 5.76 Å². The predicted octanol–water partition coefficient (Wildman–Crippen LogP) is 0.911. The minimum Gasteiger partial charge on any atom is -0.360 e. The molecule has 0 spiro atoms. The van der Waals surface area contributed by atoms with E-state index in [1.165, 1.54) is 6.07 Å². The Morgan fingerprint density at radius 1 is 1.70 bits per heavy atom. The van der Waals surface area contributed by atoms with Crippen LogP contribution in [0.3, 0.4) is 0 Å². The van der Waals surface area contributed by atoms with Crippen LogP contribution in [0.4, 0.5) is 0 Å². The quantitative estimate of drug-likeness (QED) is 0.605. The van der Waals surface area contributed by atoms with Gasteiger partial charge in [-0.3, -0.25) is 0 Å². The van der Waals surface area contributed by atoms with Crippen LogP contribution in [-0.4, -0.2) is 13.6 Å². The minimum atomic E-state index is -3.71. The van der Waals surface area contributed by atoms with Crippen LogP contribution < -0.4 is 0 Å². The molecule has 0 aliphatic heterocycles. The average molecular weight is 182 g/mol. The third-order valence-electron chi connectivity index (χ3n) is 0.856. The number of rotatable bonds is 1. The van der Waals surface area contributed by atoms with Crippen molar-refractivity contribution in [3.05, 3.63) is 11.8 Å². The van der Waals surface area contributed by atoms with E-state index in [9.17, 15) is 8.42 Å². The van der Waals surface area contributed by atoms with Gasteiger partial charge in [0.15, 0.2) is 0 Å². The van der Waals surface area contributed by atoms with Crippen molar-refractivity contribution in [1.29, 1.82) is 0 Å². The first kappa shape index (κ1) is 7.56. The largest absolute Gasteiger partial charge is 0.360 e. The zero-order valence-corrected chi connectivity index (χ0v) is 6.61. The molecule has 0 bridgehead atoms. The van der Waals surface area contributed by atoms with Crippen LogP contribution in [0.1, 0.15) is 5.76 Å². The first-order valence-corrected chi connectivity index (χ1v) is 4.69. The third-order valence-corrected chi connectivity index (χ3v) is 2.02. The summed E-state index contributed by atoms with van der Waals surface area (Å²) in [4.78, 5) is 0. The van der Waals surface area contributed by atoms with Gasteiger partial charge < -0.3 is 4.52 Å². The summed E-state index contributed by atoms with van der Waals surface area (Å²) in [5, 5.41) is 2.95. The molecule has 0 radical (unpaired) electrons. The van der Waals surface area contributed by atoms with Crippen molar-refractivity contribution in [3.8, 4) is 0 Å². The van der Waals surface area contributed by atoms with E-state index in [1.807, 2.05) is 0 Å². The number of aromatic nitrogens is 1. The normalized spacial score (nSPS) is 11.8. The van der Waals surface area contributed by atoms with Gasteiger partial charge in [-0.05, 0) is 6.92 Å². The fraction of sp³-hybridized carbons (Fsp3) is 0.250. The van der Waals surface area contributed by atoms with E-state index < -0.39 is 9.05 Å². The van der Waals surface area contributed by atoms with Crippen LogP contribution >= 0.6 is 10.7 Å². The summed E-state index contributed by atoms with van der Waals surface area (Å²) < 4.78 is 25.5. The molecular weight excluding hydrogens is 178 g/mol. The highest BCUT2D eigenvalue weighted by Crippen LogP contribution is 2.13. The smallest absolute Gasteiger partial charge is 0.282 e. The molecule has 56 valence electrons. The van der Waals surface area contributed by atoms with Crippen LogP contribution in [0, 0.1) is 6.92 Å². The maximum atomic E-state index is 10.5. The van der Waals surface area contributed by atoms with Crippen LogP contribution in [-0.2, 0) is 9.05 Å². The first-order chi connectivity index (χ1) is 4.50. The molecular formula is C4H4ClNO3S. The molecule has 1 rings (SSSR count). The Balaban J connectivity index is 3.21. The van der Waals surface area contributed by atoms with Gasteiger partial charge in [-0.15, -0.1) is 0 Å². The van der Waals surface area contributed by atoms with Crippen molar-refractivity contribution in [2.24, 2.45) is 0 Å². The molecule has 6 heteroatoms. The van der Waals surface area contributed by atoms with Gasteiger partial charge in [-0.2, -0.15) is 0 Å². The second-order valence-electron chi connectivity index (χ2n) is 1.71. The maximum absolute atomic E-state index is 10.5. The molecule has 0 saturated heterocycles. The van der Waals surface area contributed by atoms with E-state index in [-0.39, 0.29) is 5.03 Å². The van der Waals surface area contributed by atoms with Gasteiger partial charge in [0.05, 0.1) is 0 Å². The zero-order chi connectivity index (χ0) is 7.78. The summed E-state index contributed by atoms with van der Waals surface area (Å²) in [5.41, 5.74) is 0. The fourth-order valence-corrected chi connectivity index (χ4v) is 1.11. The molecule has 1 heterocycles. The summed E-state index contributed by atoms with van der Waals surface area (Å²) in [6, 6.07) is 1.25. The Labute approximate surface area is 62.2 Å². The van der Waals surface area contributed by atoms with E-state index in [0.717, 1.165) is 0 Å². The summed E-state index contributed by atoms with van der Waals surface area (Å²) in [5.74, 6) is 0.416. The summed E-state index contributed by atoms with van der Waals surface area (Å²) in [7, 11) is 1.21. The number of nitrogens with zero attached hydrogens (tertiary/aromatic N) is 1. The van der Waals surface area contributed by atoms with Crippen molar-refractivity contribution in [2.45, 2.75) is 11.9 Å². The molecule has 1 aromatic heterocycles. The van der Waals surface area contributed by atoms with Crippen LogP contribution in [0.2, 0.25) is 0 Å². The summed E-state index contributed by atoms with van der Waals surface area (Å²) in [6.07, 6.45) is 0. The Bertz CT molecular complexity index is 328. The lowest BCUT2D eigenvalue weighted by atomic mass is 10.5. The molecule has 0 unspecified atom stereocenters.